The summed E-state index contributed by atoms with van der Waals surface area (Å²) in [7, 11) is 0. The van der Waals surface area contributed by atoms with Crippen molar-refractivity contribution in [2.24, 2.45) is 5.92 Å². The zero-order chi connectivity index (χ0) is 13.6. The van der Waals surface area contributed by atoms with E-state index >= 15 is 0 Å². The van der Waals surface area contributed by atoms with Gasteiger partial charge in [-0.2, -0.15) is 0 Å². The van der Waals surface area contributed by atoms with Gasteiger partial charge in [0, 0.05) is 0 Å². The van der Waals surface area contributed by atoms with E-state index in [2.05, 4.69) is 71.8 Å². The van der Waals surface area contributed by atoms with Crippen molar-refractivity contribution in [2.75, 3.05) is 0 Å². The molecule has 3 rings (SSSR count). The SMILES string of the molecule is CC(C)[C]1([Hf]([CH3])[CH3])C=Cc2cc3ccccc3cc21. The molecule has 0 nitrogen and oxygen atoms in total. The molecule has 0 aliphatic heterocycles. The summed E-state index contributed by atoms with van der Waals surface area (Å²) in [4.78, 5) is 0. The molecule has 2 aromatic carbocycles. The number of hydrogen-bond acceptors (Lipinski definition) is 0. The molecular formula is C18H21Hf. The third kappa shape index (κ3) is 1.89. The first-order valence-corrected chi connectivity index (χ1v) is 16.1. The maximum atomic E-state index is 2.55. The first-order valence-electron chi connectivity index (χ1n) is 7.09. The van der Waals surface area contributed by atoms with Crippen LogP contribution in [0.4, 0.5) is 0 Å². The van der Waals surface area contributed by atoms with Crippen molar-refractivity contribution >= 4 is 16.8 Å². The predicted molar refractivity (Wildman–Crippen MR) is 81.2 cm³/mol. The van der Waals surface area contributed by atoms with Crippen LogP contribution < -0.4 is 0 Å². The molecule has 0 bridgehead atoms. The standard InChI is InChI=1S/C16H15.2CH3.Hf/c1-11(2)15-8-7-14-9-12-5-3-4-6-13(12)10-16(14)15;;;/h3-11H,1-2H3;2*1H3;. The molecule has 0 N–H and O–H groups in total. The Morgan fingerprint density at radius 2 is 1.63 bits per heavy atom. The van der Waals surface area contributed by atoms with Gasteiger partial charge in [0.15, 0.2) is 0 Å². The summed E-state index contributed by atoms with van der Waals surface area (Å²) in [6.07, 6.45) is 4.91. The molecule has 0 spiro atoms. The minimum atomic E-state index is -1.59. The van der Waals surface area contributed by atoms with E-state index in [0.29, 0.717) is 9.09 Å². The number of benzene rings is 2. The Hall–Kier alpha value is -0.690. The fraction of sp³-hybridized carbons (Fsp3) is 0.333. The van der Waals surface area contributed by atoms with E-state index < -0.39 is 21.4 Å². The molecule has 1 aliphatic carbocycles. The fourth-order valence-electron chi connectivity index (χ4n) is 3.58. The van der Waals surface area contributed by atoms with Crippen LogP contribution in [-0.2, 0) is 24.6 Å². The average Bonchev–Trinajstić information content (AvgIpc) is 2.75. The summed E-state index contributed by atoms with van der Waals surface area (Å²) in [5, 5.41) is 2.76. The van der Waals surface area contributed by atoms with E-state index in [1.165, 1.54) is 16.3 Å². The van der Waals surface area contributed by atoms with Crippen molar-refractivity contribution in [1.29, 1.82) is 0 Å². The van der Waals surface area contributed by atoms with Gasteiger partial charge in [-0.1, -0.05) is 0 Å². The predicted octanol–water partition coefficient (Wildman–Crippen LogP) is 5.43. The van der Waals surface area contributed by atoms with Crippen molar-refractivity contribution in [3.8, 4) is 0 Å². The fourth-order valence-corrected chi connectivity index (χ4v) is 11.9. The number of fused-ring (bicyclic) bond motifs is 2. The Morgan fingerprint density at radius 1 is 1.00 bits per heavy atom. The van der Waals surface area contributed by atoms with Crippen LogP contribution in [0.1, 0.15) is 25.0 Å². The molecule has 1 heteroatoms. The van der Waals surface area contributed by atoms with Crippen LogP contribution in [0, 0.1) is 5.92 Å². The van der Waals surface area contributed by atoms with Crippen LogP contribution in [0.3, 0.4) is 0 Å². The van der Waals surface area contributed by atoms with E-state index in [4.69, 9.17) is 0 Å². The first kappa shape index (κ1) is 13.3. The normalized spacial score (nSPS) is 21.1. The quantitative estimate of drug-likeness (QED) is 0.573. The van der Waals surface area contributed by atoms with Crippen molar-refractivity contribution in [2.45, 2.75) is 26.4 Å². The topological polar surface area (TPSA) is 0 Å². The van der Waals surface area contributed by atoms with Crippen molar-refractivity contribution in [1.82, 2.24) is 0 Å². The summed E-state index contributed by atoms with van der Waals surface area (Å²) < 4.78 is 5.52. The van der Waals surface area contributed by atoms with Gasteiger partial charge in [0.2, 0.25) is 0 Å². The molecule has 0 radical (unpaired) electrons. The van der Waals surface area contributed by atoms with Crippen LogP contribution in [0.15, 0.2) is 42.5 Å². The van der Waals surface area contributed by atoms with Crippen molar-refractivity contribution in [3.05, 3.63) is 53.6 Å². The van der Waals surface area contributed by atoms with Gasteiger partial charge in [0.25, 0.3) is 0 Å². The van der Waals surface area contributed by atoms with Gasteiger partial charge in [-0.05, 0) is 0 Å². The molecule has 0 saturated carbocycles. The van der Waals surface area contributed by atoms with Crippen molar-refractivity contribution in [3.63, 3.8) is 0 Å². The van der Waals surface area contributed by atoms with Crippen LogP contribution in [0.25, 0.3) is 16.8 Å². The average molecular weight is 416 g/mol. The summed E-state index contributed by atoms with van der Waals surface area (Å²) in [6, 6.07) is 13.6. The molecule has 0 heterocycles. The number of allylic oxidation sites excluding steroid dienone is 1. The zero-order valence-corrected chi connectivity index (χ0v) is 15.8. The monoisotopic (exact) mass is 417 g/mol. The molecular weight excluding hydrogens is 395 g/mol. The number of rotatable bonds is 2. The summed E-state index contributed by atoms with van der Waals surface area (Å²) in [5.41, 5.74) is 3.06. The summed E-state index contributed by atoms with van der Waals surface area (Å²) >= 11 is -1.59. The van der Waals surface area contributed by atoms with Gasteiger partial charge < -0.3 is 0 Å². The van der Waals surface area contributed by atoms with Crippen LogP contribution in [0.5, 0.6) is 0 Å². The first-order chi connectivity index (χ1) is 9.05. The van der Waals surface area contributed by atoms with Gasteiger partial charge in [-0.15, -0.1) is 0 Å². The molecule has 1 unspecified atom stereocenters. The minimum absolute atomic E-state index is 0.407. The molecule has 19 heavy (non-hydrogen) atoms. The zero-order valence-electron chi connectivity index (χ0n) is 12.2. The molecule has 97 valence electrons. The van der Waals surface area contributed by atoms with Gasteiger partial charge in [-0.3, -0.25) is 0 Å². The van der Waals surface area contributed by atoms with Crippen LogP contribution >= 0.6 is 0 Å². The summed E-state index contributed by atoms with van der Waals surface area (Å²) in [6.45, 7) is 4.79. The Bertz CT molecular complexity index is 642. The van der Waals surface area contributed by atoms with Gasteiger partial charge in [-0.25, -0.2) is 0 Å². The second-order valence-electron chi connectivity index (χ2n) is 6.14. The van der Waals surface area contributed by atoms with Gasteiger partial charge in [0.05, 0.1) is 0 Å². The maximum absolute atomic E-state index is 2.55. The Labute approximate surface area is 124 Å². The van der Waals surface area contributed by atoms with E-state index in [9.17, 15) is 0 Å². The van der Waals surface area contributed by atoms with E-state index in [-0.39, 0.29) is 0 Å². The second-order valence-corrected chi connectivity index (χ2v) is 16.3. The van der Waals surface area contributed by atoms with E-state index in [1.54, 1.807) is 5.56 Å². The molecule has 0 saturated heterocycles. The van der Waals surface area contributed by atoms with Gasteiger partial charge >= 0.3 is 124 Å². The Kier molecular flexibility index (Phi) is 3.29. The van der Waals surface area contributed by atoms with Crippen molar-refractivity contribution < 1.29 is 21.4 Å². The molecule has 2 aromatic rings. The number of hydrogen-bond donors (Lipinski definition) is 0. The van der Waals surface area contributed by atoms with E-state index in [0.717, 1.165) is 0 Å². The second kappa shape index (κ2) is 4.70. The Morgan fingerprint density at radius 3 is 2.21 bits per heavy atom. The molecule has 0 amide bonds. The summed E-state index contributed by atoms with van der Waals surface area (Å²) in [5.74, 6) is 0.711. The van der Waals surface area contributed by atoms with Crippen LogP contribution in [0.2, 0.25) is 9.36 Å². The third-order valence-electron chi connectivity index (χ3n) is 4.63. The van der Waals surface area contributed by atoms with Gasteiger partial charge in [0.1, 0.15) is 0 Å². The molecule has 1 atom stereocenters. The Balaban J connectivity index is 2.29. The van der Waals surface area contributed by atoms with E-state index in [1.807, 2.05) is 0 Å². The van der Waals surface area contributed by atoms with Crippen LogP contribution in [-0.4, -0.2) is 0 Å². The molecule has 0 fully saturated rings. The third-order valence-corrected chi connectivity index (χ3v) is 14.2. The molecule has 0 aromatic heterocycles. The molecule has 1 aliphatic rings.